The highest BCUT2D eigenvalue weighted by Gasteiger charge is 2.21. The Labute approximate surface area is 76.7 Å². The summed E-state index contributed by atoms with van der Waals surface area (Å²) in [6.07, 6.45) is 8.39. The van der Waals surface area contributed by atoms with E-state index in [9.17, 15) is 0 Å². The van der Waals surface area contributed by atoms with Gasteiger partial charge in [0.25, 0.3) is 0 Å². The molecule has 3 unspecified atom stereocenters. The third kappa shape index (κ3) is 3.14. The molecular formula is C11H23N. The van der Waals surface area contributed by atoms with Gasteiger partial charge in [0.15, 0.2) is 0 Å². The van der Waals surface area contributed by atoms with E-state index >= 15 is 0 Å². The van der Waals surface area contributed by atoms with Crippen LogP contribution in [0.4, 0.5) is 0 Å². The minimum Gasteiger partial charge on any atom is -0.328 e. The Morgan fingerprint density at radius 2 is 2.00 bits per heavy atom. The molecular weight excluding hydrogens is 146 g/mol. The van der Waals surface area contributed by atoms with E-state index in [1.165, 1.54) is 38.5 Å². The maximum atomic E-state index is 5.81. The van der Waals surface area contributed by atoms with Crippen LogP contribution in [0.25, 0.3) is 0 Å². The maximum Gasteiger partial charge on any atom is 0.00131 e. The first-order chi connectivity index (χ1) is 5.72. The maximum absolute atomic E-state index is 5.81. The second-order valence-corrected chi connectivity index (χ2v) is 4.52. The summed E-state index contributed by atoms with van der Waals surface area (Å²) >= 11 is 0. The van der Waals surface area contributed by atoms with Crippen LogP contribution in [0.2, 0.25) is 0 Å². The quantitative estimate of drug-likeness (QED) is 0.690. The van der Waals surface area contributed by atoms with Gasteiger partial charge in [-0.15, -0.1) is 0 Å². The molecule has 1 aliphatic rings. The molecule has 3 atom stereocenters. The SMILES string of the molecule is CCC1CCCC(CC(C)N)C1. The van der Waals surface area contributed by atoms with Crippen LogP contribution < -0.4 is 5.73 Å². The summed E-state index contributed by atoms with van der Waals surface area (Å²) in [5.41, 5.74) is 5.81. The molecule has 0 spiro atoms. The molecule has 2 N–H and O–H groups in total. The van der Waals surface area contributed by atoms with Crippen LogP contribution in [-0.4, -0.2) is 6.04 Å². The highest BCUT2D eigenvalue weighted by molar-refractivity contribution is 4.74. The van der Waals surface area contributed by atoms with Crippen LogP contribution in [0, 0.1) is 11.8 Å². The molecule has 72 valence electrons. The zero-order valence-corrected chi connectivity index (χ0v) is 8.55. The normalized spacial score (nSPS) is 33.2. The van der Waals surface area contributed by atoms with Crippen molar-refractivity contribution in [3.63, 3.8) is 0 Å². The van der Waals surface area contributed by atoms with E-state index < -0.39 is 0 Å². The van der Waals surface area contributed by atoms with Crippen LogP contribution >= 0.6 is 0 Å². The lowest BCUT2D eigenvalue weighted by Gasteiger charge is -2.29. The van der Waals surface area contributed by atoms with Crippen molar-refractivity contribution in [1.82, 2.24) is 0 Å². The average Bonchev–Trinajstić information content (AvgIpc) is 2.03. The van der Waals surface area contributed by atoms with Crippen molar-refractivity contribution in [2.45, 2.75) is 58.4 Å². The van der Waals surface area contributed by atoms with E-state index in [2.05, 4.69) is 13.8 Å². The van der Waals surface area contributed by atoms with Gasteiger partial charge in [-0.25, -0.2) is 0 Å². The molecule has 0 aromatic heterocycles. The molecule has 12 heavy (non-hydrogen) atoms. The summed E-state index contributed by atoms with van der Waals surface area (Å²) in [5.74, 6) is 1.94. The third-order valence-electron chi connectivity index (χ3n) is 3.17. The fraction of sp³-hybridized carbons (Fsp3) is 1.00. The van der Waals surface area contributed by atoms with E-state index in [1.807, 2.05) is 0 Å². The zero-order valence-electron chi connectivity index (χ0n) is 8.55. The van der Waals surface area contributed by atoms with Gasteiger partial charge in [-0.1, -0.05) is 32.6 Å². The first-order valence-electron chi connectivity index (χ1n) is 5.48. The summed E-state index contributed by atoms with van der Waals surface area (Å²) < 4.78 is 0. The molecule has 0 saturated heterocycles. The van der Waals surface area contributed by atoms with Gasteiger partial charge in [0.1, 0.15) is 0 Å². The molecule has 1 rings (SSSR count). The molecule has 1 saturated carbocycles. The Balaban J connectivity index is 2.25. The van der Waals surface area contributed by atoms with E-state index in [0.29, 0.717) is 6.04 Å². The summed E-state index contributed by atoms with van der Waals surface area (Å²) in [5, 5.41) is 0. The molecule has 0 radical (unpaired) electrons. The largest absolute Gasteiger partial charge is 0.328 e. The van der Waals surface area contributed by atoms with Gasteiger partial charge in [-0.3, -0.25) is 0 Å². The molecule has 1 aliphatic carbocycles. The van der Waals surface area contributed by atoms with Crippen molar-refractivity contribution in [2.24, 2.45) is 17.6 Å². The van der Waals surface area contributed by atoms with Crippen LogP contribution in [0.1, 0.15) is 52.4 Å². The number of rotatable bonds is 3. The molecule has 1 heteroatoms. The smallest absolute Gasteiger partial charge is 0.00131 e. The monoisotopic (exact) mass is 169 g/mol. The Hall–Kier alpha value is -0.0400. The standard InChI is InChI=1S/C11H23N/c1-3-10-5-4-6-11(8-10)7-9(2)12/h9-11H,3-8,12H2,1-2H3. The predicted octanol–water partition coefficient (Wildman–Crippen LogP) is 2.94. The molecule has 1 fully saturated rings. The lowest BCUT2D eigenvalue weighted by molar-refractivity contribution is 0.241. The lowest BCUT2D eigenvalue weighted by atomic mass is 9.78. The molecule has 0 amide bonds. The van der Waals surface area contributed by atoms with Gasteiger partial charge in [-0.2, -0.15) is 0 Å². The molecule has 0 aromatic carbocycles. The summed E-state index contributed by atoms with van der Waals surface area (Å²) in [7, 11) is 0. The van der Waals surface area contributed by atoms with Gasteiger partial charge < -0.3 is 5.73 Å². The number of hydrogen-bond acceptors (Lipinski definition) is 1. The third-order valence-corrected chi connectivity index (χ3v) is 3.17. The molecule has 1 nitrogen and oxygen atoms in total. The van der Waals surface area contributed by atoms with Gasteiger partial charge in [-0.05, 0) is 31.6 Å². The van der Waals surface area contributed by atoms with Crippen LogP contribution in [0.5, 0.6) is 0 Å². The van der Waals surface area contributed by atoms with E-state index in [0.717, 1.165) is 11.8 Å². The van der Waals surface area contributed by atoms with E-state index in [4.69, 9.17) is 5.73 Å². The van der Waals surface area contributed by atoms with Gasteiger partial charge in [0.05, 0.1) is 0 Å². The number of nitrogens with two attached hydrogens (primary N) is 1. The minimum atomic E-state index is 0.408. The second kappa shape index (κ2) is 4.86. The van der Waals surface area contributed by atoms with Crippen molar-refractivity contribution in [3.05, 3.63) is 0 Å². The van der Waals surface area contributed by atoms with Crippen molar-refractivity contribution < 1.29 is 0 Å². The van der Waals surface area contributed by atoms with Crippen molar-refractivity contribution in [2.75, 3.05) is 0 Å². The molecule has 0 bridgehead atoms. The molecule has 0 heterocycles. The summed E-state index contributed by atoms with van der Waals surface area (Å²) in [6, 6.07) is 0.408. The highest BCUT2D eigenvalue weighted by atomic mass is 14.6. The Bertz CT molecular complexity index is 120. The minimum absolute atomic E-state index is 0.408. The van der Waals surface area contributed by atoms with Crippen LogP contribution in [-0.2, 0) is 0 Å². The van der Waals surface area contributed by atoms with Crippen LogP contribution in [0.3, 0.4) is 0 Å². The zero-order chi connectivity index (χ0) is 8.97. The Morgan fingerprint density at radius 3 is 2.58 bits per heavy atom. The van der Waals surface area contributed by atoms with Crippen LogP contribution in [0.15, 0.2) is 0 Å². The average molecular weight is 169 g/mol. The van der Waals surface area contributed by atoms with Gasteiger partial charge in [0.2, 0.25) is 0 Å². The van der Waals surface area contributed by atoms with Crippen molar-refractivity contribution in [3.8, 4) is 0 Å². The fourth-order valence-corrected chi connectivity index (χ4v) is 2.51. The highest BCUT2D eigenvalue weighted by Crippen LogP contribution is 2.33. The van der Waals surface area contributed by atoms with E-state index in [-0.39, 0.29) is 0 Å². The first-order valence-corrected chi connectivity index (χ1v) is 5.48. The molecule has 0 aliphatic heterocycles. The fourth-order valence-electron chi connectivity index (χ4n) is 2.51. The van der Waals surface area contributed by atoms with E-state index in [1.54, 1.807) is 0 Å². The predicted molar refractivity (Wildman–Crippen MR) is 54.0 cm³/mol. The first kappa shape index (κ1) is 10.0. The Kier molecular flexibility index (Phi) is 4.07. The van der Waals surface area contributed by atoms with Gasteiger partial charge >= 0.3 is 0 Å². The van der Waals surface area contributed by atoms with Gasteiger partial charge in [0, 0.05) is 6.04 Å². The number of hydrogen-bond donors (Lipinski definition) is 1. The topological polar surface area (TPSA) is 26.0 Å². The Morgan fingerprint density at radius 1 is 1.33 bits per heavy atom. The lowest BCUT2D eigenvalue weighted by Crippen LogP contribution is -2.23. The van der Waals surface area contributed by atoms with Crippen molar-refractivity contribution in [1.29, 1.82) is 0 Å². The molecule has 0 aromatic rings. The second-order valence-electron chi connectivity index (χ2n) is 4.52. The van der Waals surface area contributed by atoms with Crippen molar-refractivity contribution >= 4 is 0 Å². The summed E-state index contributed by atoms with van der Waals surface area (Å²) in [6.45, 7) is 4.45. The summed E-state index contributed by atoms with van der Waals surface area (Å²) in [4.78, 5) is 0.